The molecule has 2 aromatic rings. The standard InChI is InChI=1S/C17H16BrN3O5S/c1-9-6-10(18)7-12(15(9)26-3)16(22)20-17(27)19-11-4-5-14(25-2)13(8-11)21(23)24/h4-8H,1-3H3,(H2,19,20,22,27). The minimum absolute atomic E-state index is 0.0147. The molecule has 2 N–H and O–H groups in total. The van der Waals surface area contributed by atoms with Gasteiger partial charge in [0.1, 0.15) is 5.75 Å². The average Bonchev–Trinajstić information content (AvgIpc) is 2.60. The molecule has 0 bridgehead atoms. The number of anilines is 1. The van der Waals surface area contributed by atoms with E-state index in [1.54, 1.807) is 12.1 Å². The number of hydrogen-bond acceptors (Lipinski definition) is 6. The Morgan fingerprint density at radius 2 is 1.93 bits per heavy atom. The summed E-state index contributed by atoms with van der Waals surface area (Å²) in [6.07, 6.45) is 0. The molecule has 0 fully saturated rings. The molecule has 10 heteroatoms. The van der Waals surface area contributed by atoms with Gasteiger partial charge in [-0.1, -0.05) is 15.9 Å². The highest BCUT2D eigenvalue weighted by Gasteiger charge is 2.18. The molecule has 0 atom stereocenters. The maximum Gasteiger partial charge on any atom is 0.312 e. The molecule has 0 saturated heterocycles. The summed E-state index contributed by atoms with van der Waals surface area (Å²) in [5, 5.41) is 16.4. The Morgan fingerprint density at radius 3 is 2.52 bits per heavy atom. The highest BCUT2D eigenvalue weighted by atomic mass is 79.9. The summed E-state index contributed by atoms with van der Waals surface area (Å²) in [4.78, 5) is 23.1. The summed E-state index contributed by atoms with van der Waals surface area (Å²) in [5.74, 6) is 0.0743. The number of halogens is 1. The maximum atomic E-state index is 12.5. The van der Waals surface area contributed by atoms with Crippen molar-refractivity contribution in [3.8, 4) is 11.5 Å². The van der Waals surface area contributed by atoms with E-state index in [-0.39, 0.29) is 16.5 Å². The van der Waals surface area contributed by atoms with Crippen molar-refractivity contribution < 1.29 is 19.2 Å². The molecular weight excluding hydrogens is 438 g/mol. The van der Waals surface area contributed by atoms with Gasteiger partial charge in [0, 0.05) is 16.2 Å². The van der Waals surface area contributed by atoms with Crippen molar-refractivity contribution in [2.75, 3.05) is 19.5 Å². The zero-order valence-corrected chi connectivity index (χ0v) is 17.1. The molecule has 0 heterocycles. The first-order chi connectivity index (χ1) is 12.8. The van der Waals surface area contributed by atoms with Gasteiger partial charge < -0.3 is 14.8 Å². The Morgan fingerprint density at radius 1 is 1.22 bits per heavy atom. The van der Waals surface area contributed by atoms with Crippen LogP contribution in [0.4, 0.5) is 11.4 Å². The van der Waals surface area contributed by atoms with Gasteiger partial charge in [-0.15, -0.1) is 0 Å². The minimum Gasteiger partial charge on any atom is -0.496 e. The third-order valence-electron chi connectivity index (χ3n) is 3.55. The van der Waals surface area contributed by atoms with E-state index < -0.39 is 10.8 Å². The molecule has 0 unspecified atom stereocenters. The number of aryl methyl sites for hydroxylation is 1. The Labute approximate surface area is 169 Å². The fourth-order valence-electron chi connectivity index (χ4n) is 2.41. The fourth-order valence-corrected chi connectivity index (χ4v) is 3.20. The Balaban J connectivity index is 2.18. The third-order valence-corrected chi connectivity index (χ3v) is 4.21. The van der Waals surface area contributed by atoms with Crippen LogP contribution in [0.1, 0.15) is 15.9 Å². The number of ether oxygens (including phenoxy) is 2. The number of nitrogens with one attached hydrogen (secondary N) is 2. The molecule has 1 amide bonds. The van der Waals surface area contributed by atoms with Crippen LogP contribution >= 0.6 is 28.1 Å². The minimum atomic E-state index is -0.569. The molecular formula is C17H16BrN3O5S. The molecule has 0 saturated carbocycles. The molecule has 2 aromatic carbocycles. The third kappa shape index (κ3) is 4.92. The van der Waals surface area contributed by atoms with Gasteiger partial charge in [0.05, 0.1) is 24.7 Å². The van der Waals surface area contributed by atoms with Crippen molar-refractivity contribution in [2.24, 2.45) is 0 Å². The summed E-state index contributed by atoms with van der Waals surface area (Å²) in [6, 6.07) is 7.69. The lowest BCUT2D eigenvalue weighted by atomic mass is 10.1. The van der Waals surface area contributed by atoms with E-state index in [9.17, 15) is 14.9 Å². The van der Waals surface area contributed by atoms with Crippen molar-refractivity contribution in [3.63, 3.8) is 0 Å². The first-order valence-electron chi connectivity index (χ1n) is 7.55. The highest BCUT2D eigenvalue weighted by molar-refractivity contribution is 9.10. The smallest absolute Gasteiger partial charge is 0.312 e. The summed E-state index contributed by atoms with van der Waals surface area (Å²) < 4.78 is 11.0. The number of rotatable bonds is 5. The van der Waals surface area contributed by atoms with E-state index in [0.717, 1.165) is 10.0 Å². The monoisotopic (exact) mass is 453 g/mol. The second-order valence-electron chi connectivity index (χ2n) is 5.36. The van der Waals surface area contributed by atoms with E-state index in [4.69, 9.17) is 21.7 Å². The number of carbonyl (C=O) groups is 1. The van der Waals surface area contributed by atoms with Gasteiger partial charge in [-0.05, 0) is 49.0 Å². The molecule has 142 valence electrons. The number of nitro groups is 1. The van der Waals surface area contributed by atoms with Crippen molar-refractivity contribution in [1.82, 2.24) is 5.32 Å². The van der Waals surface area contributed by atoms with Gasteiger partial charge in [-0.2, -0.15) is 0 Å². The summed E-state index contributed by atoms with van der Waals surface area (Å²) in [5.41, 5.74) is 1.20. The van der Waals surface area contributed by atoms with Gasteiger partial charge in [-0.25, -0.2) is 0 Å². The predicted octanol–water partition coefficient (Wildman–Crippen LogP) is 3.81. The highest BCUT2D eigenvalue weighted by Crippen LogP contribution is 2.30. The van der Waals surface area contributed by atoms with Crippen LogP contribution in [0.3, 0.4) is 0 Å². The molecule has 0 spiro atoms. The van der Waals surface area contributed by atoms with E-state index >= 15 is 0 Å². The quantitative estimate of drug-likeness (QED) is 0.402. The van der Waals surface area contributed by atoms with Crippen LogP contribution in [0.25, 0.3) is 0 Å². The number of thiocarbonyl (C=S) groups is 1. The second kappa shape index (κ2) is 8.78. The van der Waals surface area contributed by atoms with E-state index in [1.807, 2.05) is 13.0 Å². The molecule has 27 heavy (non-hydrogen) atoms. The lowest BCUT2D eigenvalue weighted by Gasteiger charge is -2.14. The van der Waals surface area contributed by atoms with Crippen molar-refractivity contribution >= 4 is 50.5 Å². The Hall–Kier alpha value is -2.72. The number of nitro benzene ring substituents is 1. The molecule has 0 aliphatic rings. The molecule has 2 rings (SSSR count). The molecule has 0 aliphatic heterocycles. The van der Waals surface area contributed by atoms with Crippen LogP contribution in [0.15, 0.2) is 34.8 Å². The summed E-state index contributed by atoms with van der Waals surface area (Å²) >= 11 is 8.47. The lowest BCUT2D eigenvalue weighted by Crippen LogP contribution is -2.34. The van der Waals surface area contributed by atoms with Crippen LogP contribution in [-0.4, -0.2) is 30.2 Å². The number of nitrogens with zero attached hydrogens (tertiary/aromatic N) is 1. The first-order valence-corrected chi connectivity index (χ1v) is 8.75. The van der Waals surface area contributed by atoms with Crippen LogP contribution < -0.4 is 20.1 Å². The van der Waals surface area contributed by atoms with Gasteiger partial charge in [-0.3, -0.25) is 20.2 Å². The van der Waals surface area contributed by atoms with E-state index in [0.29, 0.717) is 17.0 Å². The summed E-state index contributed by atoms with van der Waals surface area (Å²) in [6.45, 7) is 1.81. The van der Waals surface area contributed by atoms with Crippen LogP contribution in [0, 0.1) is 17.0 Å². The molecule has 0 radical (unpaired) electrons. The number of hydrogen-bond donors (Lipinski definition) is 2. The van der Waals surface area contributed by atoms with E-state index in [2.05, 4.69) is 26.6 Å². The number of carbonyl (C=O) groups excluding carboxylic acids is 1. The molecule has 8 nitrogen and oxygen atoms in total. The van der Waals surface area contributed by atoms with Crippen molar-refractivity contribution in [1.29, 1.82) is 0 Å². The maximum absolute atomic E-state index is 12.5. The summed E-state index contributed by atoms with van der Waals surface area (Å²) in [7, 11) is 2.81. The van der Waals surface area contributed by atoms with E-state index in [1.165, 1.54) is 26.4 Å². The number of amides is 1. The zero-order valence-electron chi connectivity index (χ0n) is 14.7. The molecule has 0 aromatic heterocycles. The fraction of sp³-hybridized carbons (Fsp3) is 0.176. The Bertz CT molecular complexity index is 920. The normalized spacial score (nSPS) is 10.1. The van der Waals surface area contributed by atoms with Gasteiger partial charge in [0.2, 0.25) is 0 Å². The SMILES string of the molecule is COc1ccc(NC(=S)NC(=O)c2cc(Br)cc(C)c2OC)cc1[N+](=O)[O-]. The number of methoxy groups -OCH3 is 2. The second-order valence-corrected chi connectivity index (χ2v) is 6.68. The molecule has 0 aliphatic carbocycles. The van der Waals surface area contributed by atoms with Crippen molar-refractivity contribution in [3.05, 3.63) is 56.0 Å². The van der Waals surface area contributed by atoms with Crippen LogP contribution in [0.5, 0.6) is 11.5 Å². The Kier molecular flexibility index (Phi) is 6.70. The van der Waals surface area contributed by atoms with Crippen LogP contribution in [-0.2, 0) is 0 Å². The van der Waals surface area contributed by atoms with Crippen LogP contribution in [0.2, 0.25) is 0 Å². The topological polar surface area (TPSA) is 103 Å². The number of benzene rings is 2. The first kappa shape index (κ1) is 20.6. The zero-order chi connectivity index (χ0) is 20.1. The predicted molar refractivity (Wildman–Crippen MR) is 109 cm³/mol. The lowest BCUT2D eigenvalue weighted by molar-refractivity contribution is -0.385. The largest absolute Gasteiger partial charge is 0.496 e. The van der Waals surface area contributed by atoms with Gasteiger partial charge in [0.25, 0.3) is 5.91 Å². The average molecular weight is 454 g/mol. The van der Waals surface area contributed by atoms with Crippen molar-refractivity contribution in [2.45, 2.75) is 6.92 Å². The van der Waals surface area contributed by atoms with Gasteiger partial charge in [0.15, 0.2) is 10.9 Å². The van der Waals surface area contributed by atoms with Gasteiger partial charge >= 0.3 is 5.69 Å².